The second-order valence-corrected chi connectivity index (χ2v) is 5.11. The van der Waals surface area contributed by atoms with Crippen LogP contribution in [0.2, 0.25) is 5.02 Å². The molecule has 0 aromatic heterocycles. The molecular formula is C17H13ClN2O6. The molecule has 2 N–H and O–H groups in total. The molecule has 1 atom stereocenters. The molecule has 0 radical (unpaired) electrons. The van der Waals surface area contributed by atoms with Crippen LogP contribution < -0.4 is 4.74 Å². The van der Waals surface area contributed by atoms with E-state index in [-0.39, 0.29) is 10.8 Å². The Morgan fingerprint density at radius 2 is 1.85 bits per heavy atom. The molecule has 0 heterocycles. The van der Waals surface area contributed by atoms with E-state index in [0.717, 1.165) is 12.4 Å². The topological polar surface area (TPSA) is 118 Å². The number of carbonyl (C=O) groups is 2. The Labute approximate surface area is 153 Å². The Morgan fingerprint density at radius 3 is 2.54 bits per heavy atom. The lowest BCUT2D eigenvalue weighted by atomic mass is 10.0. The maximum absolute atomic E-state index is 12.1. The number of nitrogens with one attached hydrogen (secondary N) is 1. The van der Waals surface area contributed by atoms with Gasteiger partial charge in [0.2, 0.25) is 0 Å². The van der Waals surface area contributed by atoms with E-state index in [1.807, 2.05) is 0 Å². The summed E-state index contributed by atoms with van der Waals surface area (Å²) >= 11 is 5.91. The van der Waals surface area contributed by atoms with Crippen LogP contribution in [0.1, 0.15) is 17.2 Å². The van der Waals surface area contributed by atoms with Gasteiger partial charge in [-0.3, -0.25) is 4.84 Å². The molecule has 134 valence electrons. The predicted octanol–water partition coefficient (Wildman–Crippen LogP) is 4.27. The van der Waals surface area contributed by atoms with Gasteiger partial charge in [-0.05, 0) is 17.7 Å². The zero-order chi connectivity index (χ0) is 18.9. The van der Waals surface area contributed by atoms with Gasteiger partial charge in [0.15, 0.2) is 11.9 Å². The van der Waals surface area contributed by atoms with Gasteiger partial charge in [-0.25, -0.2) is 9.59 Å². The minimum Gasteiger partial charge on any atom is -0.448 e. The molecule has 1 unspecified atom stereocenters. The lowest BCUT2D eigenvalue weighted by Crippen LogP contribution is -2.18. The Bertz CT molecular complexity index is 840. The molecule has 0 saturated carbocycles. The molecule has 0 aliphatic rings. The van der Waals surface area contributed by atoms with E-state index in [1.54, 1.807) is 36.4 Å². The lowest BCUT2D eigenvalue weighted by Gasteiger charge is -2.15. The molecule has 0 aliphatic carbocycles. The zero-order valence-corrected chi connectivity index (χ0v) is 13.9. The van der Waals surface area contributed by atoms with Gasteiger partial charge in [-0.15, -0.1) is 0 Å². The number of rotatable bonds is 6. The van der Waals surface area contributed by atoms with Crippen molar-refractivity contribution in [1.82, 2.24) is 0 Å². The highest BCUT2D eigenvalue weighted by Gasteiger charge is 2.20. The molecule has 0 amide bonds. The van der Waals surface area contributed by atoms with Crippen LogP contribution in [0, 0.1) is 5.41 Å². The highest BCUT2D eigenvalue weighted by molar-refractivity contribution is 6.32. The normalized spacial score (nSPS) is 11.6. The molecule has 2 aromatic carbocycles. The van der Waals surface area contributed by atoms with Gasteiger partial charge in [0.1, 0.15) is 0 Å². The first-order valence-corrected chi connectivity index (χ1v) is 7.55. The molecule has 0 spiro atoms. The van der Waals surface area contributed by atoms with Crippen molar-refractivity contribution in [2.75, 3.05) is 0 Å². The number of hydrogen-bond donors (Lipinski definition) is 2. The number of oxime groups is 1. The number of nitrogens with zero attached hydrogens (tertiary/aromatic N) is 1. The summed E-state index contributed by atoms with van der Waals surface area (Å²) in [7, 11) is 0. The highest BCUT2D eigenvalue weighted by atomic mass is 35.5. The Morgan fingerprint density at radius 1 is 1.15 bits per heavy atom. The second-order valence-electron chi connectivity index (χ2n) is 4.71. The van der Waals surface area contributed by atoms with Crippen LogP contribution >= 0.6 is 11.6 Å². The van der Waals surface area contributed by atoms with Crippen molar-refractivity contribution < 1.29 is 29.0 Å². The van der Waals surface area contributed by atoms with Gasteiger partial charge in [-0.2, -0.15) is 0 Å². The van der Waals surface area contributed by atoms with E-state index in [2.05, 4.69) is 9.99 Å². The summed E-state index contributed by atoms with van der Waals surface area (Å²) < 4.78 is 10.2. The molecule has 0 saturated heterocycles. The molecule has 26 heavy (non-hydrogen) atoms. The van der Waals surface area contributed by atoms with E-state index >= 15 is 0 Å². The summed E-state index contributed by atoms with van der Waals surface area (Å²) in [5.74, 6) is 0.0944. The van der Waals surface area contributed by atoms with E-state index in [1.165, 1.54) is 12.1 Å². The van der Waals surface area contributed by atoms with E-state index in [0.29, 0.717) is 11.1 Å². The standard InChI is InChI=1S/C17H13ClN2O6/c18-13-7-3-4-8-14(13)24-17(23)25-15(10-20-26-16(21)22)12-6-2-1-5-11(12)9-19/h1-10,15,19H,(H,21,22). The first kappa shape index (κ1) is 18.9. The first-order valence-electron chi connectivity index (χ1n) is 7.17. The third-order valence-corrected chi connectivity index (χ3v) is 3.35. The SMILES string of the molecule is N=Cc1ccccc1C(C=NOC(=O)O)OC(=O)Oc1ccccc1Cl. The minimum absolute atomic E-state index is 0.0944. The number of hydrogen-bond acceptors (Lipinski definition) is 7. The Kier molecular flexibility index (Phi) is 6.69. The molecule has 9 heteroatoms. The van der Waals surface area contributed by atoms with Crippen molar-refractivity contribution in [3.63, 3.8) is 0 Å². The van der Waals surface area contributed by atoms with Crippen molar-refractivity contribution in [3.05, 3.63) is 64.7 Å². The number of carboxylic acid groups (broad SMARTS) is 1. The summed E-state index contributed by atoms with van der Waals surface area (Å²) in [5.41, 5.74) is 0.821. The summed E-state index contributed by atoms with van der Waals surface area (Å²) in [4.78, 5) is 26.6. The second kappa shape index (κ2) is 9.19. The third-order valence-electron chi connectivity index (χ3n) is 3.04. The Balaban J connectivity index is 2.22. The van der Waals surface area contributed by atoms with Crippen molar-refractivity contribution in [2.24, 2.45) is 5.16 Å². The molecule has 2 aromatic rings. The zero-order valence-electron chi connectivity index (χ0n) is 13.2. The monoisotopic (exact) mass is 376 g/mol. The first-order chi connectivity index (χ1) is 12.5. The fraction of sp³-hybridized carbons (Fsp3) is 0.0588. The summed E-state index contributed by atoms with van der Waals surface area (Å²) in [6, 6.07) is 12.8. The fourth-order valence-corrected chi connectivity index (χ4v) is 2.13. The van der Waals surface area contributed by atoms with Crippen LogP contribution in [0.5, 0.6) is 5.75 Å². The lowest BCUT2D eigenvalue weighted by molar-refractivity contribution is 0.0792. The van der Waals surface area contributed by atoms with Crippen LogP contribution in [-0.2, 0) is 9.57 Å². The number of ether oxygens (including phenoxy) is 2. The van der Waals surface area contributed by atoms with Crippen LogP contribution in [0.3, 0.4) is 0 Å². The van der Waals surface area contributed by atoms with Crippen LogP contribution in [-0.4, -0.2) is 29.8 Å². The maximum atomic E-state index is 12.1. The number of benzene rings is 2. The van der Waals surface area contributed by atoms with Gasteiger partial charge in [0.05, 0.1) is 11.2 Å². The summed E-state index contributed by atoms with van der Waals surface area (Å²) in [6.07, 6.45) is -1.85. The predicted molar refractivity (Wildman–Crippen MR) is 93.2 cm³/mol. The molecule has 0 aliphatic heterocycles. The molecule has 2 rings (SSSR count). The minimum atomic E-state index is -1.63. The smallest absolute Gasteiger partial charge is 0.448 e. The third kappa shape index (κ3) is 5.32. The van der Waals surface area contributed by atoms with Crippen LogP contribution in [0.25, 0.3) is 0 Å². The summed E-state index contributed by atoms with van der Waals surface area (Å²) in [6.45, 7) is 0. The van der Waals surface area contributed by atoms with E-state index < -0.39 is 18.4 Å². The fourth-order valence-electron chi connectivity index (χ4n) is 1.95. The largest absolute Gasteiger partial charge is 0.532 e. The Hall–Kier alpha value is -3.39. The van der Waals surface area contributed by atoms with Gasteiger partial charge in [0, 0.05) is 11.8 Å². The van der Waals surface area contributed by atoms with E-state index in [9.17, 15) is 9.59 Å². The van der Waals surface area contributed by atoms with Gasteiger partial charge >= 0.3 is 12.3 Å². The van der Waals surface area contributed by atoms with Crippen molar-refractivity contribution in [1.29, 1.82) is 5.41 Å². The van der Waals surface area contributed by atoms with Crippen molar-refractivity contribution in [3.8, 4) is 5.75 Å². The van der Waals surface area contributed by atoms with Gasteiger partial charge in [0.25, 0.3) is 0 Å². The summed E-state index contributed by atoms with van der Waals surface area (Å²) in [5, 5.41) is 19.4. The number of carbonyl (C=O) groups excluding carboxylic acids is 1. The average molecular weight is 377 g/mol. The number of para-hydroxylation sites is 1. The average Bonchev–Trinajstić information content (AvgIpc) is 2.62. The van der Waals surface area contributed by atoms with Gasteiger partial charge in [-0.1, -0.05) is 53.2 Å². The van der Waals surface area contributed by atoms with Gasteiger partial charge < -0.3 is 20.0 Å². The highest BCUT2D eigenvalue weighted by Crippen LogP contribution is 2.25. The number of halogens is 1. The van der Waals surface area contributed by atoms with Crippen LogP contribution in [0.4, 0.5) is 9.59 Å². The maximum Gasteiger partial charge on any atom is 0.532 e. The molecule has 8 nitrogen and oxygen atoms in total. The molecule has 0 fully saturated rings. The van der Waals surface area contributed by atoms with Crippen molar-refractivity contribution in [2.45, 2.75) is 6.10 Å². The van der Waals surface area contributed by atoms with Crippen molar-refractivity contribution >= 4 is 36.3 Å². The molecular weight excluding hydrogens is 364 g/mol. The quantitative estimate of drug-likeness (QED) is 0.255. The van der Waals surface area contributed by atoms with Crippen LogP contribution in [0.15, 0.2) is 53.7 Å². The molecule has 0 bridgehead atoms. The van der Waals surface area contributed by atoms with E-state index in [4.69, 9.17) is 31.6 Å².